The lowest BCUT2D eigenvalue weighted by Crippen LogP contribution is -2.37. The zero-order valence-corrected chi connectivity index (χ0v) is 21.1. The van der Waals surface area contributed by atoms with E-state index in [9.17, 15) is 12.8 Å². The van der Waals surface area contributed by atoms with E-state index in [1.165, 1.54) is 24.5 Å². The number of benzene rings is 1. The van der Waals surface area contributed by atoms with Gasteiger partial charge in [-0.15, -0.1) is 35.3 Å². The lowest BCUT2D eigenvalue weighted by molar-refractivity contribution is 0.600. The first-order valence-electron chi connectivity index (χ1n) is 8.87. The van der Waals surface area contributed by atoms with Crippen molar-refractivity contribution < 1.29 is 12.8 Å². The number of halogens is 2. The van der Waals surface area contributed by atoms with Gasteiger partial charge in [0.15, 0.2) is 15.8 Å². The van der Waals surface area contributed by atoms with Gasteiger partial charge in [0.05, 0.1) is 12.3 Å². The van der Waals surface area contributed by atoms with Gasteiger partial charge in [0.2, 0.25) is 0 Å². The number of thioether (sulfide) groups is 1. The van der Waals surface area contributed by atoms with Crippen LogP contribution in [0.4, 0.5) is 4.39 Å². The Morgan fingerprint density at radius 1 is 1.31 bits per heavy atom. The number of sulfone groups is 1. The van der Waals surface area contributed by atoms with Crippen LogP contribution < -0.4 is 10.6 Å². The lowest BCUT2D eigenvalue weighted by Gasteiger charge is -2.12. The van der Waals surface area contributed by atoms with E-state index in [1.807, 2.05) is 12.3 Å². The quantitative estimate of drug-likeness (QED) is 0.149. The normalized spacial score (nSPS) is 11.8. The largest absolute Gasteiger partial charge is 0.357 e. The third kappa shape index (κ3) is 10.6. The predicted molar refractivity (Wildman–Crippen MR) is 131 cm³/mol. The van der Waals surface area contributed by atoms with Gasteiger partial charge in [-0.1, -0.05) is 17.8 Å². The van der Waals surface area contributed by atoms with Crippen molar-refractivity contribution in [3.63, 3.8) is 0 Å². The van der Waals surface area contributed by atoms with E-state index in [2.05, 4.69) is 20.6 Å². The monoisotopic (exact) mass is 572 g/mol. The average Bonchev–Trinajstić information content (AvgIpc) is 3.13. The highest BCUT2D eigenvalue weighted by Gasteiger charge is 2.10. The summed E-state index contributed by atoms with van der Waals surface area (Å²) >= 11 is 3.35. The van der Waals surface area contributed by atoms with Crippen molar-refractivity contribution in [1.29, 1.82) is 0 Å². The van der Waals surface area contributed by atoms with E-state index in [-0.39, 0.29) is 36.3 Å². The topological polar surface area (TPSA) is 83.5 Å². The third-order valence-electron chi connectivity index (χ3n) is 3.59. The first kappa shape index (κ1) is 26.1. The zero-order chi connectivity index (χ0) is 20.4. The summed E-state index contributed by atoms with van der Waals surface area (Å²) in [6, 6.07) is 4.13. The number of nitrogens with one attached hydrogen (secondary N) is 2. The van der Waals surface area contributed by atoms with Crippen LogP contribution >= 0.6 is 47.1 Å². The molecular formula is C18H26FIN4O2S3. The Hall–Kier alpha value is -0.920. The molecule has 2 rings (SSSR count). The maximum Gasteiger partial charge on any atom is 0.191 e. The number of nitrogens with zero attached hydrogens (tertiary/aromatic N) is 2. The Morgan fingerprint density at radius 3 is 2.76 bits per heavy atom. The number of rotatable bonds is 10. The second kappa shape index (κ2) is 13.4. The summed E-state index contributed by atoms with van der Waals surface area (Å²) in [5, 5.41) is 8.36. The van der Waals surface area contributed by atoms with Gasteiger partial charge in [-0.3, -0.25) is 0 Å². The number of aliphatic imine (C=N–C) groups is 1. The van der Waals surface area contributed by atoms with E-state index in [0.717, 1.165) is 23.1 Å². The van der Waals surface area contributed by atoms with Crippen molar-refractivity contribution in [3.05, 3.63) is 46.7 Å². The summed E-state index contributed by atoms with van der Waals surface area (Å²) in [6.07, 6.45) is 3.90. The molecule has 0 amide bonds. The van der Waals surface area contributed by atoms with Gasteiger partial charge in [0, 0.05) is 36.7 Å². The van der Waals surface area contributed by atoms with Crippen LogP contribution in [-0.2, 0) is 22.1 Å². The maximum absolute atomic E-state index is 13.6. The fraction of sp³-hybridized carbons (Fsp3) is 0.444. The van der Waals surface area contributed by atoms with Crippen molar-refractivity contribution in [3.8, 4) is 0 Å². The summed E-state index contributed by atoms with van der Waals surface area (Å²) in [5.41, 5.74) is 1.14. The standard InChI is InChI=1S/C18H25FN4O2S3.HI/c1-3-20-17(21-7-4-9-26-18-22-8-10-27-18)23-12-15-11-16(19)6-5-14(15)13-28(2,24)25;/h5-6,8,10-11H,3-4,7,9,12-13H2,1-2H3,(H2,20,21,23);1H. The van der Waals surface area contributed by atoms with E-state index in [1.54, 1.807) is 29.3 Å². The summed E-state index contributed by atoms with van der Waals surface area (Å²) in [5.74, 6) is 1.04. The molecule has 0 saturated heterocycles. The Balaban J connectivity index is 0.00000420. The van der Waals surface area contributed by atoms with Gasteiger partial charge in [0.25, 0.3) is 0 Å². The van der Waals surface area contributed by atoms with Crippen LogP contribution in [0, 0.1) is 5.82 Å². The van der Waals surface area contributed by atoms with Crippen LogP contribution in [0.2, 0.25) is 0 Å². The molecule has 0 aliphatic heterocycles. The molecule has 6 nitrogen and oxygen atoms in total. The molecule has 0 saturated carbocycles. The van der Waals surface area contributed by atoms with Crippen molar-refractivity contribution in [2.75, 3.05) is 25.1 Å². The molecule has 0 fully saturated rings. The molecule has 29 heavy (non-hydrogen) atoms. The van der Waals surface area contributed by atoms with Crippen LogP contribution in [0.3, 0.4) is 0 Å². The van der Waals surface area contributed by atoms with E-state index < -0.39 is 15.7 Å². The van der Waals surface area contributed by atoms with E-state index in [0.29, 0.717) is 23.6 Å². The average molecular weight is 573 g/mol. The van der Waals surface area contributed by atoms with Crippen LogP contribution in [0.25, 0.3) is 0 Å². The second-order valence-electron chi connectivity index (χ2n) is 6.11. The molecule has 0 aliphatic carbocycles. The van der Waals surface area contributed by atoms with Crippen LogP contribution in [0.5, 0.6) is 0 Å². The van der Waals surface area contributed by atoms with Crippen LogP contribution in [0.1, 0.15) is 24.5 Å². The van der Waals surface area contributed by atoms with E-state index >= 15 is 0 Å². The Morgan fingerprint density at radius 2 is 2.10 bits per heavy atom. The Labute approximate surface area is 197 Å². The number of thiazole rings is 1. The predicted octanol–water partition coefficient (Wildman–Crippen LogP) is 3.68. The van der Waals surface area contributed by atoms with Gasteiger partial charge >= 0.3 is 0 Å². The summed E-state index contributed by atoms with van der Waals surface area (Å²) in [4.78, 5) is 8.71. The summed E-state index contributed by atoms with van der Waals surface area (Å²) < 4.78 is 37.9. The Kier molecular flexibility index (Phi) is 12.1. The van der Waals surface area contributed by atoms with Crippen molar-refractivity contribution in [1.82, 2.24) is 15.6 Å². The number of aromatic nitrogens is 1. The molecule has 1 aromatic heterocycles. The van der Waals surface area contributed by atoms with Crippen LogP contribution in [-0.4, -0.2) is 44.5 Å². The molecule has 0 unspecified atom stereocenters. The fourth-order valence-corrected chi connectivity index (χ4v) is 4.88. The highest BCUT2D eigenvalue weighted by Crippen LogP contribution is 2.20. The van der Waals surface area contributed by atoms with Gasteiger partial charge in [-0.2, -0.15) is 0 Å². The molecule has 1 heterocycles. The lowest BCUT2D eigenvalue weighted by atomic mass is 10.1. The Bertz CT molecular complexity index is 877. The van der Waals surface area contributed by atoms with Crippen LogP contribution in [0.15, 0.2) is 39.1 Å². The third-order valence-corrected chi connectivity index (χ3v) is 6.47. The van der Waals surface area contributed by atoms with E-state index in [4.69, 9.17) is 0 Å². The fourth-order valence-electron chi connectivity index (χ4n) is 2.39. The SMILES string of the molecule is CCNC(=NCc1cc(F)ccc1CS(C)(=O)=O)NCCCSc1nccs1.I. The highest BCUT2D eigenvalue weighted by atomic mass is 127. The maximum atomic E-state index is 13.6. The second-order valence-corrected chi connectivity index (χ2v) is 10.5. The first-order chi connectivity index (χ1) is 13.4. The van der Waals surface area contributed by atoms with Gasteiger partial charge in [0.1, 0.15) is 10.2 Å². The smallest absolute Gasteiger partial charge is 0.191 e. The molecule has 11 heteroatoms. The van der Waals surface area contributed by atoms with Gasteiger partial charge in [-0.05, 0) is 36.6 Å². The minimum absolute atomic E-state index is 0. The number of guanidine groups is 1. The molecule has 0 atom stereocenters. The molecule has 2 aromatic rings. The summed E-state index contributed by atoms with van der Waals surface area (Å²) in [7, 11) is -3.21. The molecule has 0 aliphatic rings. The molecule has 1 aromatic carbocycles. The first-order valence-corrected chi connectivity index (χ1v) is 12.8. The van der Waals surface area contributed by atoms with Crippen molar-refractivity contribution >= 4 is 62.9 Å². The van der Waals surface area contributed by atoms with Crippen molar-refractivity contribution in [2.45, 2.75) is 30.0 Å². The molecule has 0 radical (unpaired) electrons. The number of hydrogen-bond acceptors (Lipinski definition) is 6. The molecule has 0 bridgehead atoms. The van der Waals surface area contributed by atoms with Gasteiger partial charge in [-0.25, -0.2) is 22.8 Å². The molecule has 2 N–H and O–H groups in total. The minimum atomic E-state index is -3.21. The zero-order valence-electron chi connectivity index (χ0n) is 16.4. The molecule has 0 spiro atoms. The van der Waals surface area contributed by atoms with Gasteiger partial charge < -0.3 is 10.6 Å². The highest BCUT2D eigenvalue weighted by molar-refractivity contribution is 14.0. The van der Waals surface area contributed by atoms with Crippen molar-refractivity contribution in [2.24, 2.45) is 4.99 Å². The number of hydrogen-bond donors (Lipinski definition) is 2. The summed E-state index contributed by atoms with van der Waals surface area (Å²) in [6.45, 7) is 3.60. The minimum Gasteiger partial charge on any atom is -0.357 e. The molecule has 162 valence electrons. The molecular weight excluding hydrogens is 546 g/mol.